The van der Waals surface area contributed by atoms with Gasteiger partial charge in [0.15, 0.2) is 6.61 Å². The van der Waals surface area contributed by atoms with E-state index in [1.54, 1.807) is 25.1 Å². The maximum absolute atomic E-state index is 13.3. The van der Waals surface area contributed by atoms with E-state index in [2.05, 4.69) is 26.1 Å². The predicted molar refractivity (Wildman–Crippen MR) is 135 cm³/mol. The molecule has 0 fully saturated rings. The van der Waals surface area contributed by atoms with Gasteiger partial charge in [0.1, 0.15) is 11.8 Å². The van der Waals surface area contributed by atoms with Crippen molar-refractivity contribution in [2.75, 3.05) is 6.61 Å². The van der Waals surface area contributed by atoms with Crippen LogP contribution in [-0.2, 0) is 21.5 Å². The van der Waals surface area contributed by atoms with Gasteiger partial charge in [0.25, 0.3) is 5.91 Å². The van der Waals surface area contributed by atoms with Gasteiger partial charge in [-0.1, -0.05) is 75.2 Å². The largest absolute Gasteiger partial charge is 0.483 e. The van der Waals surface area contributed by atoms with Gasteiger partial charge in [-0.25, -0.2) is 0 Å². The van der Waals surface area contributed by atoms with E-state index in [4.69, 9.17) is 27.9 Å². The Bertz CT molecular complexity index is 972. The van der Waals surface area contributed by atoms with Gasteiger partial charge in [-0.05, 0) is 55.0 Å². The summed E-state index contributed by atoms with van der Waals surface area (Å²) in [5.74, 6) is 0.147. The molecule has 1 N–H and O–H groups in total. The second kappa shape index (κ2) is 11.8. The molecule has 0 spiro atoms. The first-order valence-electron chi connectivity index (χ1n) is 11.2. The van der Waals surface area contributed by atoms with Crippen LogP contribution in [0.15, 0.2) is 42.5 Å². The summed E-state index contributed by atoms with van der Waals surface area (Å²) in [4.78, 5) is 27.6. The number of halogens is 2. The van der Waals surface area contributed by atoms with Crippen LogP contribution >= 0.6 is 23.2 Å². The molecule has 2 rings (SSSR count). The zero-order valence-corrected chi connectivity index (χ0v) is 21.8. The second-order valence-electron chi connectivity index (χ2n) is 9.30. The molecule has 0 aliphatic rings. The van der Waals surface area contributed by atoms with Crippen molar-refractivity contribution >= 4 is 35.0 Å². The Morgan fingerprint density at radius 2 is 1.73 bits per heavy atom. The molecule has 7 heteroatoms. The van der Waals surface area contributed by atoms with Crippen LogP contribution in [0.3, 0.4) is 0 Å². The second-order valence-corrected chi connectivity index (χ2v) is 10.1. The first kappa shape index (κ1) is 27.0. The summed E-state index contributed by atoms with van der Waals surface area (Å²) in [6.07, 6.45) is 0.798. The molecule has 0 aliphatic carbocycles. The maximum Gasteiger partial charge on any atom is 0.261 e. The highest BCUT2D eigenvalue weighted by Crippen LogP contribution is 2.31. The molecule has 0 aliphatic heterocycles. The minimum Gasteiger partial charge on any atom is -0.483 e. The number of benzene rings is 2. The highest BCUT2D eigenvalue weighted by Gasteiger charge is 2.28. The van der Waals surface area contributed by atoms with Crippen molar-refractivity contribution in [3.05, 3.63) is 63.6 Å². The Balaban J connectivity index is 2.25. The zero-order chi connectivity index (χ0) is 24.8. The van der Waals surface area contributed by atoms with E-state index in [-0.39, 0.29) is 36.4 Å². The third-order valence-corrected chi connectivity index (χ3v) is 6.29. The normalized spacial score (nSPS) is 13.2. The zero-order valence-electron chi connectivity index (χ0n) is 20.2. The van der Waals surface area contributed by atoms with Crippen molar-refractivity contribution in [2.45, 2.75) is 72.0 Å². The van der Waals surface area contributed by atoms with Gasteiger partial charge in [0.2, 0.25) is 5.91 Å². The number of hydrogen-bond acceptors (Lipinski definition) is 3. The van der Waals surface area contributed by atoms with Gasteiger partial charge in [-0.2, -0.15) is 0 Å². The van der Waals surface area contributed by atoms with Crippen LogP contribution in [0.25, 0.3) is 0 Å². The smallest absolute Gasteiger partial charge is 0.261 e. The molecular weight excluding hydrogens is 459 g/mol. The van der Waals surface area contributed by atoms with Gasteiger partial charge in [-0.3, -0.25) is 9.59 Å². The highest BCUT2D eigenvalue weighted by molar-refractivity contribution is 6.42. The average Bonchev–Trinajstić information content (AvgIpc) is 2.77. The monoisotopic (exact) mass is 492 g/mol. The molecule has 5 nitrogen and oxygen atoms in total. The van der Waals surface area contributed by atoms with E-state index in [9.17, 15) is 9.59 Å². The van der Waals surface area contributed by atoms with Crippen LogP contribution in [0.1, 0.15) is 59.1 Å². The highest BCUT2D eigenvalue weighted by atomic mass is 35.5. The van der Waals surface area contributed by atoms with Crippen LogP contribution < -0.4 is 10.1 Å². The molecule has 0 unspecified atom stereocenters. The van der Waals surface area contributed by atoms with E-state index in [1.165, 1.54) is 4.90 Å². The summed E-state index contributed by atoms with van der Waals surface area (Å²) >= 11 is 12.2. The van der Waals surface area contributed by atoms with Gasteiger partial charge >= 0.3 is 0 Å². The number of nitrogens with zero attached hydrogens (tertiary/aromatic N) is 1. The lowest BCUT2D eigenvalue weighted by atomic mass is 9.86. The topological polar surface area (TPSA) is 58.6 Å². The molecule has 2 atom stereocenters. The lowest BCUT2D eigenvalue weighted by Gasteiger charge is -2.30. The summed E-state index contributed by atoms with van der Waals surface area (Å²) < 4.78 is 5.95. The van der Waals surface area contributed by atoms with Gasteiger partial charge in [0.05, 0.1) is 10.0 Å². The van der Waals surface area contributed by atoms with Crippen molar-refractivity contribution in [3.8, 4) is 5.75 Å². The molecule has 0 saturated carbocycles. The standard InChI is InChI=1S/C26H34Cl2N2O3/c1-7-17(2)29-25(32)18(3)30(15-19-12-13-21(27)22(28)14-19)24(31)16-33-23-11-9-8-10-20(23)26(4,5)6/h8-14,17-18H,7,15-16H2,1-6H3,(H,29,32)/t17-,18-/m0/s1. The lowest BCUT2D eigenvalue weighted by Crippen LogP contribution is -2.50. The molecule has 0 saturated heterocycles. The Hall–Kier alpha value is -2.24. The SMILES string of the molecule is CC[C@H](C)NC(=O)[C@H](C)N(Cc1ccc(Cl)c(Cl)c1)C(=O)COc1ccccc1C(C)(C)C. The molecule has 0 radical (unpaired) electrons. The summed E-state index contributed by atoms with van der Waals surface area (Å²) in [5.41, 5.74) is 1.65. The summed E-state index contributed by atoms with van der Waals surface area (Å²) in [5, 5.41) is 3.78. The molecule has 0 aromatic heterocycles. The van der Waals surface area contributed by atoms with Crippen LogP contribution in [0.5, 0.6) is 5.75 Å². The number of rotatable bonds is 9. The molecular formula is C26H34Cl2N2O3. The Morgan fingerprint density at radius 3 is 2.33 bits per heavy atom. The summed E-state index contributed by atoms with van der Waals surface area (Å²) in [6, 6.07) is 12.2. The fraction of sp³-hybridized carbons (Fsp3) is 0.462. The van der Waals surface area contributed by atoms with Crippen molar-refractivity contribution in [1.29, 1.82) is 0 Å². The fourth-order valence-electron chi connectivity index (χ4n) is 3.32. The van der Waals surface area contributed by atoms with E-state index in [0.29, 0.717) is 15.8 Å². The third-order valence-electron chi connectivity index (χ3n) is 5.55. The molecule has 2 aromatic carbocycles. The number of nitrogens with one attached hydrogen (secondary N) is 1. The number of amides is 2. The Kier molecular flexibility index (Phi) is 9.62. The number of carbonyl (C=O) groups is 2. The van der Waals surface area contributed by atoms with Crippen molar-refractivity contribution in [1.82, 2.24) is 10.2 Å². The van der Waals surface area contributed by atoms with E-state index < -0.39 is 6.04 Å². The van der Waals surface area contributed by atoms with Gasteiger partial charge in [-0.15, -0.1) is 0 Å². The molecule has 33 heavy (non-hydrogen) atoms. The lowest BCUT2D eigenvalue weighted by molar-refractivity contribution is -0.142. The maximum atomic E-state index is 13.3. The first-order chi connectivity index (χ1) is 15.4. The minimum absolute atomic E-state index is 0.0109. The number of para-hydroxylation sites is 1. The predicted octanol–water partition coefficient (Wildman–Crippen LogP) is 6.00. The number of ether oxygens (including phenoxy) is 1. The minimum atomic E-state index is -0.692. The fourth-order valence-corrected chi connectivity index (χ4v) is 3.64. The first-order valence-corrected chi connectivity index (χ1v) is 12.0. The van der Waals surface area contributed by atoms with Crippen molar-refractivity contribution < 1.29 is 14.3 Å². The van der Waals surface area contributed by atoms with Crippen LogP contribution in [0.4, 0.5) is 0 Å². The number of carbonyl (C=O) groups excluding carboxylic acids is 2. The van der Waals surface area contributed by atoms with Gasteiger partial charge in [0, 0.05) is 12.6 Å². The molecule has 180 valence electrons. The van der Waals surface area contributed by atoms with Crippen molar-refractivity contribution in [3.63, 3.8) is 0 Å². The third kappa shape index (κ3) is 7.65. The molecule has 0 bridgehead atoms. The van der Waals surface area contributed by atoms with E-state index in [0.717, 1.165) is 17.5 Å². The molecule has 0 heterocycles. The van der Waals surface area contributed by atoms with Gasteiger partial charge < -0.3 is 15.0 Å². The molecule has 2 amide bonds. The van der Waals surface area contributed by atoms with Crippen LogP contribution in [0.2, 0.25) is 10.0 Å². The Labute approximate surface area is 207 Å². The van der Waals surface area contributed by atoms with Crippen molar-refractivity contribution in [2.24, 2.45) is 0 Å². The molecule has 2 aromatic rings. The van der Waals surface area contributed by atoms with E-state index >= 15 is 0 Å². The average molecular weight is 493 g/mol. The van der Waals surface area contributed by atoms with Crippen LogP contribution in [-0.4, -0.2) is 35.4 Å². The van der Waals surface area contributed by atoms with Crippen LogP contribution in [0, 0.1) is 0 Å². The summed E-state index contributed by atoms with van der Waals surface area (Å²) in [6.45, 7) is 11.9. The van der Waals surface area contributed by atoms with E-state index in [1.807, 2.05) is 38.1 Å². The number of hydrogen-bond donors (Lipinski definition) is 1. The quantitative estimate of drug-likeness (QED) is 0.466. The Morgan fingerprint density at radius 1 is 1.06 bits per heavy atom. The summed E-state index contributed by atoms with van der Waals surface area (Å²) in [7, 11) is 0.